The molecule has 0 unspecified atom stereocenters. The number of benzene rings is 9. The van der Waals surface area contributed by atoms with Gasteiger partial charge in [0.2, 0.25) is 0 Å². The summed E-state index contributed by atoms with van der Waals surface area (Å²) in [6.45, 7) is 6.47. The number of rotatable bonds is 9. The standard InChI is InChI=1S/C61H46N4/c1-41-16-10-12-22-52(41)57-40-56(62-61(63-57)53-23-13-11-17-42(53)2)47-32-30-45(31-33-47)44-26-28-46(29-27-44)48-34-36-58(43(3)38-48)65-59-25-15-14-24-54(59)55-39-51(35-37-60(55)65)64(49-18-6-4-7-19-49)50-20-8-5-9-21-50/h4-40H,1-3H3. The van der Waals surface area contributed by atoms with Crippen molar-refractivity contribution in [1.29, 1.82) is 0 Å². The maximum absolute atomic E-state index is 5.11. The molecule has 0 aliphatic carbocycles. The van der Waals surface area contributed by atoms with Crippen LogP contribution in [0.5, 0.6) is 0 Å². The monoisotopic (exact) mass is 834 g/mol. The van der Waals surface area contributed by atoms with Crippen LogP contribution in [0.1, 0.15) is 16.7 Å². The Morgan fingerprint density at radius 1 is 0.338 bits per heavy atom. The average molecular weight is 835 g/mol. The maximum Gasteiger partial charge on any atom is 0.160 e. The van der Waals surface area contributed by atoms with Gasteiger partial charge in [0, 0.05) is 50.2 Å². The molecule has 0 saturated heterocycles. The van der Waals surface area contributed by atoms with Gasteiger partial charge in [0.15, 0.2) is 5.82 Å². The Balaban J connectivity index is 0.891. The lowest BCUT2D eigenvalue weighted by Crippen LogP contribution is -2.09. The molecule has 2 aromatic heterocycles. The van der Waals surface area contributed by atoms with Gasteiger partial charge in [-0.25, -0.2) is 9.97 Å². The number of hydrogen-bond acceptors (Lipinski definition) is 3. The molecule has 4 nitrogen and oxygen atoms in total. The molecule has 0 amide bonds. The lowest BCUT2D eigenvalue weighted by molar-refractivity contribution is 1.15. The second-order valence-corrected chi connectivity index (χ2v) is 16.8. The Morgan fingerprint density at radius 3 is 1.48 bits per heavy atom. The van der Waals surface area contributed by atoms with Crippen molar-refractivity contribution in [3.63, 3.8) is 0 Å². The summed E-state index contributed by atoms with van der Waals surface area (Å²) in [7, 11) is 0. The quantitative estimate of drug-likeness (QED) is 0.145. The topological polar surface area (TPSA) is 34.0 Å². The van der Waals surface area contributed by atoms with Gasteiger partial charge in [-0.05, 0) is 126 Å². The van der Waals surface area contributed by atoms with Gasteiger partial charge in [0.1, 0.15) is 0 Å². The summed E-state index contributed by atoms with van der Waals surface area (Å²) in [5, 5.41) is 2.45. The second kappa shape index (κ2) is 16.7. The molecule has 0 N–H and O–H groups in total. The molecular weight excluding hydrogens is 789 g/mol. The largest absolute Gasteiger partial charge is 0.310 e. The zero-order chi connectivity index (χ0) is 43.9. The van der Waals surface area contributed by atoms with Crippen LogP contribution in [0.25, 0.3) is 83.6 Å². The molecule has 0 saturated carbocycles. The lowest BCUT2D eigenvalue weighted by Gasteiger charge is -2.25. The van der Waals surface area contributed by atoms with E-state index in [9.17, 15) is 0 Å². The van der Waals surface area contributed by atoms with Crippen LogP contribution in [0.4, 0.5) is 17.1 Å². The van der Waals surface area contributed by atoms with Gasteiger partial charge in [-0.1, -0.05) is 158 Å². The zero-order valence-electron chi connectivity index (χ0n) is 36.7. The first-order valence-electron chi connectivity index (χ1n) is 22.2. The van der Waals surface area contributed by atoms with E-state index >= 15 is 0 Å². The van der Waals surface area contributed by atoms with Gasteiger partial charge in [0.25, 0.3) is 0 Å². The van der Waals surface area contributed by atoms with E-state index in [4.69, 9.17) is 9.97 Å². The Labute approximate surface area is 380 Å². The van der Waals surface area contributed by atoms with Gasteiger partial charge in [0.05, 0.1) is 22.4 Å². The van der Waals surface area contributed by atoms with Gasteiger partial charge in [-0.2, -0.15) is 0 Å². The molecule has 310 valence electrons. The Morgan fingerprint density at radius 2 is 0.846 bits per heavy atom. The number of nitrogens with zero attached hydrogens (tertiary/aromatic N) is 4. The normalized spacial score (nSPS) is 11.3. The van der Waals surface area contributed by atoms with Crippen molar-refractivity contribution in [3.05, 3.63) is 241 Å². The second-order valence-electron chi connectivity index (χ2n) is 16.8. The SMILES string of the molecule is Cc1ccccc1-c1cc(-c2ccc(-c3ccc(-c4ccc(-n5c6ccccc6c6cc(N(c7ccccc7)c7ccccc7)ccc65)c(C)c4)cc3)cc2)nc(-c2ccccc2C)n1. The van der Waals surface area contributed by atoms with E-state index in [1.54, 1.807) is 0 Å². The van der Waals surface area contributed by atoms with Crippen LogP contribution in [0, 0.1) is 20.8 Å². The zero-order valence-corrected chi connectivity index (χ0v) is 36.7. The van der Waals surface area contributed by atoms with Crippen LogP contribution in [-0.4, -0.2) is 14.5 Å². The Hall–Kier alpha value is -8.34. The Kier molecular flexibility index (Phi) is 10.2. The molecule has 11 rings (SSSR count). The summed E-state index contributed by atoms with van der Waals surface area (Å²) in [6, 6.07) is 80.2. The fourth-order valence-electron chi connectivity index (χ4n) is 9.27. The highest BCUT2D eigenvalue weighted by Gasteiger charge is 2.19. The van der Waals surface area contributed by atoms with E-state index in [0.717, 1.165) is 62.1 Å². The third-order valence-electron chi connectivity index (χ3n) is 12.6. The molecule has 0 spiro atoms. The van der Waals surface area contributed by atoms with Crippen LogP contribution < -0.4 is 4.90 Å². The van der Waals surface area contributed by atoms with Crippen molar-refractivity contribution in [1.82, 2.24) is 14.5 Å². The van der Waals surface area contributed by atoms with Gasteiger partial charge >= 0.3 is 0 Å². The minimum atomic E-state index is 0.737. The summed E-state index contributed by atoms with van der Waals surface area (Å²) >= 11 is 0. The van der Waals surface area contributed by atoms with Crippen molar-refractivity contribution in [2.45, 2.75) is 20.8 Å². The van der Waals surface area contributed by atoms with Crippen molar-refractivity contribution >= 4 is 38.9 Å². The van der Waals surface area contributed by atoms with Crippen molar-refractivity contribution in [2.24, 2.45) is 0 Å². The molecule has 65 heavy (non-hydrogen) atoms. The summed E-state index contributed by atoms with van der Waals surface area (Å²) in [5.41, 5.74) is 20.2. The first-order valence-corrected chi connectivity index (χ1v) is 22.2. The molecule has 0 bridgehead atoms. The van der Waals surface area contributed by atoms with Crippen molar-refractivity contribution in [3.8, 4) is 61.8 Å². The minimum absolute atomic E-state index is 0.737. The number of aryl methyl sites for hydroxylation is 3. The predicted octanol–water partition coefficient (Wildman–Crippen LogP) is 16.3. The smallest absolute Gasteiger partial charge is 0.160 e. The highest BCUT2D eigenvalue weighted by molar-refractivity contribution is 6.11. The van der Waals surface area contributed by atoms with Gasteiger partial charge < -0.3 is 9.47 Å². The van der Waals surface area contributed by atoms with E-state index in [-0.39, 0.29) is 0 Å². The summed E-state index contributed by atoms with van der Waals surface area (Å²) in [4.78, 5) is 12.5. The molecule has 2 heterocycles. The van der Waals surface area contributed by atoms with Crippen LogP contribution in [0.3, 0.4) is 0 Å². The van der Waals surface area contributed by atoms with E-state index in [1.807, 2.05) is 0 Å². The molecule has 0 aliphatic heterocycles. The summed E-state index contributed by atoms with van der Waals surface area (Å²) < 4.78 is 2.42. The maximum atomic E-state index is 5.11. The van der Waals surface area contributed by atoms with E-state index in [2.05, 4.69) is 255 Å². The Bertz CT molecular complexity index is 3390. The third kappa shape index (κ3) is 7.45. The molecule has 4 heteroatoms. The molecule has 0 fully saturated rings. The third-order valence-corrected chi connectivity index (χ3v) is 12.6. The lowest BCUT2D eigenvalue weighted by atomic mass is 9.97. The van der Waals surface area contributed by atoms with Gasteiger partial charge in [-0.15, -0.1) is 0 Å². The van der Waals surface area contributed by atoms with E-state index in [0.29, 0.717) is 0 Å². The number of aromatic nitrogens is 3. The van der Waals surface area contributed by atoms with E-state index in [1.165, 1.54) is 55.3 Å². The van der Waals surface area contributed by atoms with Crippen LogP contribution in [0.15, 0.2) is 224 Å². The molecule has 0 atom stereocenters. The number of hydrogen-bond donors (Lipinski definition) is 0. The van der Waals surface area contributed by atoms with E-state index < -0.39 is 0 Å². The van der Waals surface area contributed by atoms with Crippen LogP contribution in [0.2, 0.25) is 0 Å². The first kappa shape index (κ1) is 39.5. The van der Waals surface area contributed by atoms with Crippen molar-refractivity contribution in [2.75, 3.05) is 4.90 Å². The van der Waals surface area contributed by atoms with Gasteiger partial charge in [-0.3, -0.25) is 0 Å². The molecule has 9 aromatic carbocycles. The van der Waals surface area contributed by atoms with Crippen LogP contribution >= 0.6 is 0 Å². The molecule has 0 radical (unpaired) electrons. The summed E-state index contributed by atoms with van der Waals surface area (Å²) in [6.07, 6.45) is 0. The van der Waals surface area contributed by atoms with Crippen LogP contribution in [-0.2, 0) is 0 Å². The highest BCUT2D eigenvalue weighted by Crippen LogP contribution is 2.41. The predicted molar refractivity (Wildman–Crippen MR) is 272 cm³/mol. The highest BCUT2D eigenvalue weighted by atomic mass is 15.1. The first-order chi connectivity index (χ1) is 32.0. The fourth-order valence-corrected chi connectivity index (χ4v) is 9.27. The molecule has 0 aliphatic rings. The summed E-state index contributed by atoms with van der Waals surface area (Å²) in [5.74, 6) is 0.737. The number of fused-ring (bicyclic) bond motifs is 3. The molecular formula is C61H46N4. The van der Waals surface area contributed by atoms with Crippen molar-refractivity contribution < 1.29 is 0 Å². The molecule has 11 aromatic rings. The average Bonchev–Trinajstić information content (AvgIpc) is 3.68. The minimum Gasteiger partial charge on any atom is -0.310 e. The number of para-hydroxylation sites is 3. The fraction of sp³-hybridized carbons (Fsp3) is 0.0492. The number of anilines is 3.